The van der Waals surface area contributed by atoms with Crippen LogP contribution < -0.4 is 5.32 Å². The highest BCUT2D eigenvalue weighted by Gasteiger charge is 2.59. The number of rotatable bonds is 5. The number of piperazine rings is 1. The van der Waals surface area contributed by atoms with Crippen LogP contribution in [0.25, 0.3) is 0 Å². The summed E-state index contributed by atoms with van der Waals surface area (Å²) in [5.41, 5.74) is -0.634. The van der Waals surface area contributed by atoms with Crippen molar-refractivity contribution in [3.63, 3.8) is 0 Å². The summed E-state index contributed by atoms with van der Waals surface area (Å²) in [7, 11) is 0. The summed E-state index contributed by atoms with van der Waals surface area (Å²) in [4.78, 5) is 27.9. The maximum atomic E-state index is 13.3. The molecule has 0 aromatic rings. The number of hydrogen-bond donors (Lipinski definition) is 1. The predicted octanol–water partition coefficient (Wildman–Crippen LogP) is 2.08. The van der Waals surface area contributed by atoms with Gasteiger partial charge in [0.2, 0.25) is 11.8 Å². The topological polar surface area (TPSA) is 49.4 Å². The quantitative estimate of drug-likeness (QED) is 0.843. The van der Waals surface area contributed by atoms with Gasteiger partial charge in [0.1, 0.15) is 11.6 Å². The second-order valence-electron chi connectivity index (χ2n) is 7.77. The van der Waals surface area contributed by atoms with Crippen molar-refractivity contribution in [2.45, 2.75) is 76.4 Å². The maximum Gasteiger partial charge on any atom is 0.249 e. The third-order valence-corrected chi connectivity index (χ3v) is 6.01. The minimum atomic E-state index is -0.634. The molecule has 0 spiro atoms. The lowest BCUT2D eigenvalue weighted by atomic mass is 9.86. The highest BCUT2D eigenvalue weighted by atomic mass is 16.2. The van der Waals surface area contributed by atoms with Crippen LogP contribution in [0.2, 0.25) is 0 Å². The monoisotopic (exact) mass is 290 g/mol. The molecule has 1 heterocycles. The molecule has 1 saturated heterocycles. The van der Waals surface area contributed by atoms with Crippen molar-refractivity contribution in [3.05, 3.63) is 0 Å². The Labute approximate surface area is 126 Å². The van der Waals surface area contributed by atoms with Crippen LogP contribution in [0.3, 0.4) is 0 Å². The van der Waals surface area contributed by atoms with E-state index in [-0.39, 0.29) is 17.9 Å². The molecule has 3 saturated carbocycles. The Kier molecular flexibility index (Phi) is 2.89. The molecular weight excluding hydrogens is 264 g/mol. The molecule has 4 rings (SSSR count). The first kappa shape index (κ1) is 13.6. The van der Waals surface area contributed by atoms with Crippen LogP contribution in [0.15, 0.2) is 0 Å². The van der Waals surface area contributed by atoms with Crippen molar-refractivity contribution in [1.82, 2.24) is 10.2 Å². The van der Waals surface area contributed by atoms with Gasteiger partial charge in [-0.1, -0.05) is 6.92 Å². The van der Waals surface area contributed by atoms with Crippen molar-refractivity contribution in [2.75, 3.05) is 0 Å². The molecule has 0 radical (unpaired) electrons. The fourth-order valence-electron chi connectivity index (χ4n) is 4.31. The van der Waals surface area contributed by atoms with E-state index >= 15 is 0 Å². The minimum absolute atomic E-state index is 0.0813. The summed E-state index contributed by atoms with van der Waals surface area (Å²) < 4.78 is 0. The number of hydrogen-bond acceptors (Lipinski definition) is 2. The van der Waals surface area contributed by atoms with Crippen LogP contribution in [0.5, 0.6) is 0 Å². The Balaban J connectivity index is 1.69. The van der Waals surface area contributed by atoms with Crippen molar-refractivity contribution in [2.24, 2.45) is 17.8 Å². The van der Waals surface area contributed by atoms with Gasteiger partial charge in [-0.2, -0.15) is 0 Å². The molecule has 4 nitrogen and oxygen atoms in total. The van der Waals surface area contributed by atoms with Crippen LogP contribution >= 0.6 is 0 Å². The Bertz CT molecular complexity index is 467. The average molecular weight is 290 g/mol. The lowest BCUT2D eigenvalue weighted by Gasteiger charge is -2.48. The molecule has 2 unspecified atom stereocenters. The Morgan fingerprint density at radius 2 is 1.71 bits per heavy atom. The smallest absolute Gasteiger partial charge is 0.249 e. The van der Waals surface area contributed by atoms with Gasteiger partial charge in [0.15, 0.2) is 0 Å². The summed E-state index contributed by atoms with van der Waals surface area (Å²) in [6, 6.07) is 0.0992. The largest absolute Gasteiger partial charge is 0.340 e. The number of nitrogens with zero attached hydrogens (tertiary/aromatic N) is 1. The fourth-order valence-corrected chi connectivity index (χ4v) is 4.31. The number of carbonyl (C=O) groups is 2. The molecule has 4 heteroatoms. The zero-order chi connectivity index (χ0) is 14.8. The number of carbonyl (C=O) groups excluding carboxylic acids is 2. The van der Waals surface area contributed by atoms with Crippen molar-refractivity contribution in [1.29, 1.82) is 0 Å². The second-order valence-corrected chi connectivity index (χ2v) is 7.77. The molecule has 4 aliphatic rings. The summed E-state index contributed by atoms with van der Waals surface area (Å²) in [6.07, 6.45) is 7.84. The molecular formula is C17H26N2O2. The van der Waals surface area contributed by atoms with Gasteiger partial charge in [0.25, 0.3) is 0 Å². The number of amides is 2. The average Bonchev–Trinajstić information content (AvgIpc) is 3.26. The molecule has 0 bridgehead atoms. The van der Waals surface area contributed by atoms with Gasteiger partial charge in [-0.3, -0.25) is 9.59 Å². The van der Waals surface area contributed by atoms with Gasteiger partial charge in [-0.25, -0.2) is 0 Å². The molecule has 1 N–H and O–H groups in total. The standard InChI is InChI=1S/C17H26N2O2/c1-3-13-15(20)18-17(2,12-8-9-12)16(21)19(13)14(10-4-5-10)11-6-7-11/h10-14H,3-9H2,1-2H3,(H,18,20). The highest BCUT2D eigenvalue weighted by Crippen LogP contribution is 2.50. The van der Waals surface area contributed by atoms with Gasteiger partial charge in [-0.15, -0.1) is 0 Å². The van der Waals surface area contributed by atoms with Gasteiger partial charge in [0, 0.05) is 6.04 Å². The summed E-state index contributed by atoms with van der Waals surface area (Å²) in [6.45, 7) is 3.99. The van der Waals surface area contributed by atoms with E-state index in [1.54, 1.807) is 0 Å². The molecule has 21 heavy (non-hydrogen) atoms. The van der Waals surface area contributed by atoms with E-state index < -0.39 is 5.54 Å². The summed E-state index contributed by atoms with van der Waals surface area (Å²) in [5.74, 6) is 1.96. The van der Waals surface area contributed by atoms with Crippen LogP contribution in [-0.2, 0) is 9.59 Å². The van der Waals surface area contributed by atoms with Crippen LogP contribution in [-0.4, -0.2) is 34.3 Å². The number of nitrogens with one attached hydrogen (secondary N) is 1. The first-order chi connectivity index (χ1) is 10.1. The van der Waals surface area contributed by atoms with Crippen molar-refractivity contribution < 1.29 is 9.59 Å². The molecule has 2 amide bonds. The normalized spacial score (nSPS) is 37.1. The van der Waals surface area contributed by atoms with Gasteiger partial charge in [-0.05, 0) is 69.6 Å². The SMILES string of the molecule is CCC1C(=O)NC(C)(C2CC2)C(=O)N1C(C1CC1)C1CC1. The Morgan fingerprint density at radius 3 is 2.14 bits per heavy atom. The van der Waals surface area contributed by atoms with E-state index in [0.717, 1.165) is 19.3 Å². The van der Waals surface area contributed by atoms with E-state index in [1.165, 1.54) is 25.7 Å². The summed E-state index contributed by atoms with van der Waals surface area (Å²) >= 11 is 0. The molecule has 3 aliphatic carbocycles. The predicted molar refractivity (Wildman–Crippen MR) is 79.4 cm³/mol. The summed E-state index contributed by atoms with van der Waals surface area (Å²) in [5, 5.41) is 3.08. The highest BCUT2D eigenvalue weighted by molar-refractivity contribution is 6.00. The fraction of sp³-hybridized carbons (Fsp3) is 0.882. The van der Waals surface area contributed by atoms with Crippen LogP contribution in [0, 0.1) is 17.8 Å². The van der Waals surface area contributed by atoms with Crippen LogP contribution in [0.1, 0.15) is 58.8 Å². The molecule has 0 aromatic carbocycles. The van der Waals surface area contributed by atoms with Crippen molar-refractivity contribution in [3.8, 4) is 0 Å². The van der Waals surface area contributed by atoms with Crippen molar-refractivity contribution >= 4 is 11.8 Å². The van der Waals surface area contributed by atoms with E-state index in [4.69, 9.17) is 0 Å². The molecule has 116 valence electrons. The maximum absolute atomic E-state index is 13.3. The minimum Gasteiger partial charge on any atom is -0.340 e. The lowest BCUT2D eigenvalue weighted by Crippen LogP contribution is -2.72. The third kappa shape index (κ3) is 2.09. The molecule has 1 aliphatic heterocycles. The molecule has 4 fully saturated rings. The van der Waals surface area contributed by atoms with E-state index in [9.17, 15) is 9.59 Å². The van der Waals surface area contributed by atoms with E-state index in [0.29, 0.717) is 23.8 Å². The second kappa shape index (κ2) is 4.47. The third-order valence-electron chi connectivity index (χ3n) is 6.01. The lowest BCUT2D eigenvalue weighted by molar-refractivity contribution is -0.159. The Morgan fingerprint density at radius 1 is 1.14 bits per heavy atom. The first-order valence-electron chi connectivity index (χ1n) is 8.71. The zero-order valence-electron chi connectivity index (χ0n) is 13.1. The first-order valence-corrected chi connectivity index (χ1v) is 8.71. The van der Waals surface area contributed by atoms with Gasteiger partial charge in [0.05, 0.1) is 0 Å². The van der Waals surface area contributed by atoms with E-state index in [2.05, 4.69) is 5.32 Å². The van der Waals surface area contributed by atoms with E-state index in [1.807, 2.05) is 18.7 Å². The Hall–Kier alpha value is -1.06. The zero-order valence-corrected chi connectivity index (χ0v) is 13.1. The van der Waals surface area contributed by atoms with Gasteiger partial charge < -0.3 is 10.2 Å². The van der Waals surface area contributed by atoms with Gasteiger partial charge >= 0.3 is 0 Å². The molecule has 2 atom stereocenters. The molecule has 0 aromatic heterocycles. The van der Waals surface area contributed by atoms with Crippen LogP contribution in [0.4, 0.5) is 0 Å².